The van der Waals surface area contributed by atoms with Crippen LogP contribution in [0.25, 0.3) is 11.0 Å². The zero-order chi connectivity index (χ0) is 16.2. The Morgan fingerprint density at radius 2 is 2.14 bits per heavy atom. The highest BCUT2D eigenvalue weighted by Crippen LogP contribution is 2.18. The van der Waals surface area contributed by atoms with Gasteiger partial charge in [0.2, 0.25) is 5.91 Å². The van der Waals surface area contributed by atoms with Gasteiger partial charge in [-0.1, -0.05) is 31.1 Å². The lowest BCUT2D eigenvalue weighted by Gasteiger charge is -2.24. The maximum absolute atomic E-state index is 12.0. The van der Waals surface area contributed by atoms with Crippen LogP contribution in [0.3, 0.4) is 0 Å². The first-order chi connectivity index (χ1) is 10.4. The standard InChI is InChI=1S/C17H24N2O3/c1-12(2)8-9-17(3,21)11-18-16(20)10-14-13-6-4-5-7-15(13)22-19-14/h4-7,12,21H,8-11H2,1-3H3,(H,18,20). The zero-order valence-corrected chi connectivity index (χ0v) is 13.4. The van der Waals surface area contributed by atoms with Crippen LogP contribution in [0, 0.1) is 5.92 Å². The molecule has 5 heteroatoms. The summed E-state index contributed by atoms with van der Waals surface area (Å²) < 4.78 is 5.18. The first kappa shape index (κ1) is 16.5. The van der Waals surface area contributed by atoms with E-state index in [1.165, 1.54) is 0 Å². The molecule has 0 aliphatic carbocycles. The summed E-state index contributed by atoms with van der Waals surface area (Å²) in [6, 6.07) is 7.45. The van der Waals surface area contributed by atoms with Gasteiger partial charge in [-0.15, -0.1) is 0 Å². The van der Waals surface area contributed by atoms with Crippen LogP contribution in [-0.4, -0.2) is 28.3 Å². The predicted molar refractivity (Wildman–Crippen MR) is 85.4 cm³/mol. The molecule has 5 nitrogen and oxygen atoms in total. The molecular weight excluding hydrogens is 280 g/mol. The minimum atomic E-state index is -0.883. The third-order valence-electron chi connectivity index (χ3n) is 3.71. The van der Waals surface area contributed by atoms with Crippen molar-refractivity contribution in [1.82, 2.24) is 10.5 Å². The molecule has 22 heavy (non-hydrogen) atoms. The van der Waals surface area contributed by atoms with E-state index in [4.69, 9.17) is 4.52 Å². The van der Waals surface area contributed by atoms with Gasteiger partial charge in [0.25, 0.3) is 0 Å². The number of rotatable bonds is 7. The Morgan fingerprint density at radius 1 is 1.41 bits per heavy atom. The lowest BCUT2D eigenvalue weighted by Crippen LogP contribution is -2.41. The average molecular weight is 304 g/mol. The molecule has 1 unspecified atom stereocenters. The van der Waals surface area contributed by atoms with Crippen LogP contribution in [0.1, 0.15) is 39.3 Å². The molecule has 2 N–H and O–H groups in total. The number of carbonyl (C=O) groups excluding carboxylic acids is 1. The van der Waals surface area contributed by atoms with E-state index in [1.807, 2.05) is 24.3 Å². The fraction of sp³-hybridized carbons (Fsp3) is 0.529. The van der Waals surface area contributed by atoms with E-state index in [9.17, 15) is 9.90 Å². The molecule has 1 heterocycles. The van der Waals surface area contributed by atoms with E-state index in [0.717, 1.165) is 11.8 Å². The summed E-state index contributed by atoms with van der Waals surface area (Å²) >= 11 is 0. The summed E-state index contributed by atoms with van der Waals surface area (Å²) in [6.45, 7) is 6.23. The molecule has 0 saturated heterocycles. The molecule has 0 aliphatic rings. The predicted octanol–water partition coefficient (Wildman–Crippen LogP) is 2.67. The van der Waals surface area contributed by atoms with Gasteiger partial charge < -0.3 is 14.9 Å². The molecule has 0 aliphatic heterocycles. The van der Waals surface area contributed by atoms with Gasteiger partial charge >= 0.3 is 0 Å². The number of hydrogen-bond donors (Lipinski definition) is 2. The Bertz CT molecular complexity index is 632. The number of benzene rings is 1. The fourth-order valence-corrected chi connectivity index (χ4v) is 2.26. The molecule has 0 bridgehead atoms. The molecule has 120 valence electrons. The van der Waals surface area contributed by atoms with E-state index >= 15 is 0 Å². The number of aromatic nitrogens is 1. The van der Waals surface area contributed by atoms with Crippen LogP contribution < -0.4 is 5.32 Å². The molecule has 2 rings (SSSR count). The van der Waals surface area contributed by atoms with Crippen molar-refractivity contribution in [3.8, 4) is 0 Å². The van der Waals surface area contributed by atoms with Gasteiger partial charge in [-0.25, -0.2) is 0 Å². The number of hydrogen-bond acceptors (Lipinski definition) is 4. The van der Waals surface area contributed by atoms with Gasteiger partial charge in [0.15, 0.2) is 5.58 Å². The van der Waals surface area contributed by atoms with Crippen molar-refractivity contribution in [1.29, 1.82) is 0 Å². The minimum Gasteiger partial charge on any atom is -0.388 e. The SMILES string of the molecule is CC(C)CCC(C)(O)CNC(=O)Cc1noc2ccccc12. The molecule has 0 spiro atoms. The Morgan fingerprint density at radius 3 is 2.86 bits per heavy atom. The van der Waals surface area contributed by atoms with Gasteiger partial charge in [0, 0.05) is 11.9 Å². The fourth-order valence-electron chi connectivity index (χ4n) is 2.26. The summed E-state index contributed by atoms with van der Waals surface area (Å²) in [5.74, 6) is 0.368. The number of fused-ring (bicyclic) bond motifs is 1. The smallest absolute Gasteiger partial charge is 0.226 e. The largest absolute Gasteiger partial charge is 0.388 e. The van der Waals surface area contributed by atoms with Crippen molar-refractivity contribution < 1.29 is 14.4 Å². The van der Waals surface area contributed by atoms with Crippen molar-refractivity contribution in [2.45, 2.75) is 45.6 Å². The number of amides is 1. The maximum Gasteiger partial charge on any atom is 0.226 e. The molecule has 0 radical (unpaired) electrons. The van der Waals surface area contributed by atoms with Crippen molar-refractivity contribution >= 4 is 16.9 Å². The third kappa shape index (κ3) is 4.56. The second-order valence-electron chi connectivity index (χ2n) is 6.51. The third-order valence-corrected chi connectivity index (χ3v) is 3.71. The second kappa shape index (κ2) is 6.92. The first-order valence-electron chi connectivity index (χ1n) is 7.70. The molecule has 1 aromatic heterocycles. The number of carbonyl (C=O) groups is 1. The van der Waals surface area contributed by atoms with E-state index in [2.05, 4.69) is 24.3 Å². The van der Waals surface area contributed by atoms with Crippen LogP contribution >= 0.6 is 0 Å². The van der Waals surface area contributed by atoms with Crippen LogP contribution in [0.2, 0.25) is 0 Å². The molecule has 1 amide bonds. The Labute approximate surface area is 130 Å². The van der Waals surface area contributed by atoms with Gasteiger partial charge in [0.1, 0.15) is 5.69 Å². The average Bonchev–Trinajstić information content (AvgIpc) is 2.87. The van der Waals surface area contributed by atoms with Gasteiger partial charge in [-0.3, -0.25) is 4.79 Å². The summed E-state index contributed by atoms with van der Waals surface area (Å²) in [6.07, 6.45) is 1.74. The monoisotopic (exact) mass is 304 g/mol. The summed E-state index contributed by atoms with van der Waals surface area (Å²) in [7, 11) is 0. The van der Waals surface area contributed by atoms with Gasteiger partial charge in [0.05, 0.1) is 12.0 Å². The number of nitrogens with zero attached hydrogens (tertiary/aromatic N) is 1. The zero-order valence-electron chi connectivity index (χ0n) is 13.4. The molecule has 0 saturated carbocycles. The van der Waals surface area contributed by atoms with Crippen LogP contribution in [0.5, 0.6) is 0 Å². The van der Waals surface area contributed by atoms with E-state index in [1.54, 1.807) is 6.92 Å². The van der Waals surface area contributed by atoms with E-state index in [0.29, 0.717) is 23.6 Å². The summed E-state index contributed by atoms with van der Waals surface area (Å²) in [5, 5.41) is 17.8. The highest BCUT2D eigenvalue weighted by Gasteiger charge is 2.22. The topological polar surface area (TPSA) is 75.4 Å². The normalized spacial score (nSPS) is 14.2. The molecule has 2 aromatic rings. The van der Waals surface area contributed by atoms with Crippen molar-refractivity contribution in [3.05, 3.63) is 30.0 Å². The van der Waals surface area contributed by atoms with Gasteiger partial charge in [-0.2, -0.15) is 0 Å². The number of para-hydroxylation sites is 1. The van der Waals surface area contributed by atoms with Crippen molar-refractivity contribution in [2.24, 2.45) is 5.92 Å². The summed E-state index contributed by atoms with van der Waals surface area (Å²) in [4.78, 5) is 12.0. The van der Waals surface area contributed by atoms with Crippen molar-refractivity contribution in [3.63, 3.8) is 0 Å². The highest BCUT2D eigenvalue weighted by molar-refractivity contribution is 5.86. The minimum absolute atomic E-state index is 0.150. The quantitative estimate of drug-likeness (QED) is 0.824. The number of nitrogens with one attached hydrogen (secondary N) is 1. The molecule has 1 aromatic carbocycles. The van der Waals surface area contributed by atoms with E-state index in [-0.39, 0.29) is 18.9 Å². The van der Waals surface area contributed by atoms with Gasteiger partial charge in [-0.05, 0) is 37.8 Å². The molecule has 0 fully saturated rings. The second-order valence-corrected chi connectivity index (χ2v) is 6.51. The Kier molecular flexibility index (Phi) is 5.19. The van der Waals surface area contributed by atoms with Crippen LogP contribution in [-0.2, 0) is 11.2 Å². The Hall–Kier alpha value is -1.88. The molecule has 1 atom stereocenters. The Balaban J connectivity index is 1.88. The highest BCUT2D eigenvalue weighted by atomic mass is 16.5. The van der Waals surface area contributed by atoms with E-state index < -0.39 is 5.60 Å². The lowest BCUT2D eigenvalue weighted by molar-refractivity contribution is -0.121. The lowest BCUT2D eigenvalue weighted by atomic mass is 9.95. The van der Waals surface area contributed by atoms with Crippen LogP contribution in [0.4, 0.5) is 0 Å². The molecular formula is C17H24N2O3. The van der Waals surface area contributed by atoms with Crippen LogP contribution in [0.15, 0.2) is 28.8 Å². The summed E-state index contributed by atoms with van der Waals surface area (Å²) in [5.41, 5.74) is 0.412. The number of aliphatic hydroxyl groups is 1. The maximum atomic E-state index is 12.0. The first-order valence-corrected chi connectivity index (χ1v) is 7.70. The van der Waals surface area contributed by atoms with Crippen molar-refractivity contribution in [2.75, 3.05) is 6.54 Å².